The van der Waals surface area contributed by atoms with E-state index < -0.39 is 22.0 Å². The van der Waals surface area contributed by atoms with Crippen LogP contribution >= 0.6 is 15.8 Å². The van der Waals surface area contributed by atoms with Gasteiger partial charge in [0, 0.05) is 0 Å². The monoisotopic (exact) mass is 623 g/mol. The van der Waals surface area contributed by atoms with Gasteiger partial charge in [0.15, 0.2) is 0 Å². The summed E-state index contributed by atoms with van der Waals surface area (Å²) in [6.45, 7) is 0. The van der Waals surface area contributed by atoms with Crippen molar-refractivity contribution in [3.05, 3.63) is 170 Å². The van der Waals surface area contributed by atoms with Gasteiger partial charge >= 0.3 is 0 Å². The molecule has 0 aliphatic heterocycles. The number of hydrogen-bond acceptors (Lipinski definition) is 2. The van der Waals surface area contributed by atoms with E-state index in [1.165, 1.54) is 32.1 Å². The third kappa shape index (κ3) is 7.07. The van der Waals surface area contributed by atoms with Crippen LogP contribution in [0.1, 0.15) is 0 Å². The van der Waals surface area contributed by atoms with E-state index in [9.17, 15) is 0 Å². The van der Waals surface area contributed by atoms with Crippen molar-refractivity contribution in [1.82, 2.24) is 0 Å². The summed E-state index contributed by atoms with van der Waals surface area (Å²) in [6.07, 6.45) is -1.32. The maximum atomic E-state index is 5.66. The summed E-state index contributed by atoms with van der Waals surface area (Å²) in [5, 5.41) is 5.60. The Kier molecular flexibility index (Phi) is 10.1. The van der Waals surface area contributed by atoms with Gasteiger partial charge in [-0.25, -0.2) is 10.9 Å². The van der Waals surface area contributed by atoms with Crippen LogP contribution in [0.25, 0.3) is 0 Å². The Bertz CT molecular complexity index is 1540. The molecule has 0 fully saturated rings. The first-order chi connectivity index (χ1) is 22.2. The molecule has 6 rings (SSSR count). The molecule has 0 aliphatic carbocycles. The Balaban J connectivity index is 1.62. The van der Waals surface area contributed by atoms with Crippen LogP contribution in [0.15, 0.2) is 170 Å². The molecule has 6 aromatic rings. The number of benzene rings is 6. The Hall–Kier alpha value is -4.16. The summed E-state index contributed by atoms with van der Waals surface area (Å²) in [5.41, 5.74) is 2.72. The Morgan fingerprint density at radius 1 is 0.378 bits per heavy atom. The summed E-state index contributed by atoms with van der Waals surface area (Å²) in [7, 11) is 2.08. The Morgan fingerprint density at radius 3 is 0.889 bits per heavy atom. The number of hydrogen-bond donors (Lipinski definition) is 0. The minimum atomic E-state index is -1.32. The van der Waals surface area contributed by atoms with Crippen molar-refractivity contribution >= 4 is 54.1 Å². The molecule has 0 saturated heterocycles. The second-order valence-corrected chi connectivity index (χ2v) is 15.9. The maximum absolute atomic E-state index is 5.66. The van der Waals surface area contributed by atoms with Crippen molar-refractivity contribution in [3.8, 4) is 11.5 Å². The summed E-state index contributed by atoms with van der Waals surface area (Å²) < 4.78 is 11.3. The average molecular weight is 624 g/mol. The van der Waals surface area contributed by atoms with Gasteiger partial charge in [-0.2, -0.15) is 0 Å². The fourth-order valence-electron chi connectivity index (χ4n) is 6.39. The van der Waals surface area contributed by atoms with E-state index in [0.717, 1.165) is 23.6 Å². The van der Waals surface area contributed by atoms with E-state index >= 15 is 0 Å². The van der Waals surface area contributed by atoms with Crippen LogP contribution in [0.3, 0.4) is 0 Å². The quantitative estimate of drug-likeness (QED) is 0.113. The van der Waals surface area contributed by atoms with Gasteiger partial charge in [0.1, 0.15) is 11.5 Å². The molecular formula is C40H38BO2P2-. The molecule has 45 heavy (non-hydrogen) atoms. The molecule has 0 radical (unpaired) electrons. The zero-order valence-electron chi connectivity index (χ0n) is 25.9. The molecule has 6 aromatic carbocycles. The molecule has 0 saturated carbocycles. The van der Waals surface area contributed by atoms with Crippen LogP contribution in [0.5, 0.6) is 11.5 Å². The Labute approximate surface area is 270 Å². The third-order valence-corrected chi connectivity index (χ3v) is 14.4. The molecule has 0 N–H and O–H groups in total. The van der Waals surface area contributed by atoms with Crippen molar-refractivity contribution in [2.45, 2.75) is 0 Å². The van der Waals surface area contributed by atoms with E-state index in [1.54, 1.807) is 14.2 Å². The van der Waals surface area contributed by atoms with Gasteiger partial charge in [-0.3, -0.25) is 0 Å². The van der Waals surface area contributed by atoms with Crippen molar-refractivity contribution in [2.75, 3.05) is 26.3 Å². The molecule has 0 atom stereocenters. The van der Waals surface area contributed by atoms with Gasteiger partial charge in [0.25, 0.3) is 0 Å². The topological polar surface area (TPSA) is 18.5 Å². The number of ether oxygens (including phenoxy) is 2. The predicted octanol–water partition coefficient (Wildman–Crippen LogP) is 6.61. The standard InChI is InChI=1S/C40H38BO2P2/c1-42-35-27-23-33(24-28-35)41(34-25-29-36(43-2)30-26-34,31-44(37-15-7-3-8-16-37)38-17-9-4-10-18-38)32-45(39-19-11-5-12-20-39)40-21-13-6-14-22-40/h3-30H,31-32H2,1-2H3/q-1. The SMILES string of the molecule is COc1ccc([B-](CP(c2ccccc2)c2ccccc2)(CP(c2ccccc2)c2ccccc2)c2ccc(OC)cc2)cc1. The van der Waals surface area contributed by atoms with Gasteiger partial charge in [-0.05, 0) is 45.5 Å². The fraction of sp³-hybridized carbons (Fsp3) is 0.100. The molecular weight excluding hydrogens is 585 g/mol. The highest BCUT2D eigenvalue weighted by atomic mass is 31.1. The lowest BCUT2D eigenvalue weighted by molar-refractivity contribution is 0.415. The summed E-state index contributed by atoms with van der Waals surface area (Å²) in [5.74, 6) is 1.75. The lowest BCUT2D eigenvalue weighted by atomic mass is 9.21. The van der Waals surface area contributed by atoms with Gasteiger partial charge in [0.2, 0.25) is 0 Å². The summed E-state index contributed by atoms with van der Waals surface area (Å²) in [6, 6.07) is 64.3. The first-order valence-corrected chi connectivity index (χ1v) is 18.5. The molecule has 0 amide bonds. The molecule has 0 bridgehead atoms. The molecule has 0 heterocycles. The maximum Gasteiger partial charge on any atom is 0.118 e. The Morgan fingerprint density at radius 2 is 0.644 bits per heavy atom. The molecule has 0 aromatic heterocycles. The van der Waals surface area contributed by atoms with Gasteiger partial charge < -0.3 is 9.47 Å². The number of methoxy groups -OCH3 is 2. The highest BCUT2D eigenvalue weighted by molar-refractivity contribution is 7.79. The molecule has 2 nitrogen and oxygen atoms in total. The molecule has 224 valence electrons. The van der Waals surface area contributed by atoms with E-state index in [4.69, 9.17) is 9.47 Å². The van der Waals surface area contributed by atoms with E-state index in [-0.39, 0.29) is 0 Å². The highest BCUT2D eigenvalue weighted by Gasteiger charge is 2.35. The van der Waals surface area contributed by atoms with Crippen molar-refractivity contribution in [1.29, 1.82) is 0 Å². The second-order valence-electron chi connectivity index (χ2n) is 11.4. The van der Waals surface area contributed by atoms with Crippen molar-refractivity contribution in [3.63, 3.8) is 0 Å². The zero-order valence-corrected chi connectivity index (χ0v) is 27.7. The largest absolute Gasteiger partial charge is 0.497 e. The van der Waals surface area contributed by atoms with Crippen LogP contribution in [-0.2, 0) is 0 Å². The average Bonchev–Trinajstić information content (AvgIpc) is 3.13. The minimum absolute atomic E-state index is 0.701. The summed E-state index contributed by atoms with van der Waals surface area (Å²) in [4.78, 5) is 0. The third-order valence-electron chi connectivity index (χ3n) is 8.77. The van der Waals surface area contributed by atoms with Gasteiger partial charge in [0.05, 0.1) is 20.4 Å². The lowest BCUT2D eigenvalue weighted by Gasteiger charge is -2.47. The molecule has 5 heteroatoms. The minimum Gasteiger partial charge on any atom is -0.497 e. The van der Waals surface area contributed by atoms with Gasteiger partial charge in [-0.15, -0.1) is 12.1 Å². The summed E-state index contributed by atoms with van der Waals surface area (Å²) >= 11 is 0. The van der Waals surface area contributed by atoms with Crippen LogP contribution in [-0.4, -0.2) is 32.5 Å². The highest BCUT2D eigenvalue weighted by Crippen LogP contribution is 2.43. The zero-order chi connectivity index (χ0) is 30.9. The van der Waals surface area contributed by atoms with Crippen LogP contribution in [0.2, 0.25) is 0 Å². The number of rotatable bonds is 12. The normalized spacial score (nSPS) is 11.5. The van der Waals surface area contributed by atoms with E-state index in [2.05, 4.69) is 170 Å². The van der Waals surface area contributed by atoms with Gasteiger partial charge in [-0.1, -0.05) is 161 Å². The van der Waals surface area contributed by atoms with Crippen LogP contribution < -0.4 is 41.6 Å². The predicted molar refractivity (Wildman–Crippen MR) is 199 cm³/mol. The molecule has 0 unspecified atom stereocenters. The van der Waals surface area contributed by atoms with Crippen molar-refractivity contribution in [2.24, 2.45) is 0 Å². The van der Waals surface area contributed by atoms with E-state index in [1.807, 2.05) is 0 Å². The first kappa shape index (κ1) is 30.9. The van der Waals surface area contributed by atoms with E-state index in [0.29, 0.717) is 0 Å². The van der Waals surface area contributed by atoms with Crippen LogP contribution in [0.4, 0.5) is 0 Å². The smallest absolute Gasteiger partial charge is 0.118 e. The molecule has 0 aliphatic rings. The lowest BCUT2D eigenvalue weighted by Crippen LogP contribution is -2.65. The molecule has 0 spiro atoms. The first-order valence-electron chi connectivity index (χ1n) is 15.4. The second kappa shape index (κ2) is 14.7. The van der Waals surface area contributed by atoms with Crippen LogP contribution in [0, 0.1) is 0 Å². The fourth-order valence-corrected chi connectivity index (χ4v) is 12.5. The van der Waals surface area contributed by atoms with Crippen molar-refractivity contribution < 1.29 is 9.47 Å².